The highest BCUT2D eigenvalue weighted by molar-refractivity contribution is 5.55. The first kappa shape index (κ1) is 10.5. The van der Waals surface area contributed by atoms with E-state index in [0.717, 1.165) is 22.7 Å². The Labute approximate surface area is 111 Å². The van der Waals surface area contributed by atoms with Gasteiger partial charge in [0.25, 0.3) is 0 Å². The first-order valence-electron chi connectivity index (χ1n) is 8.28. The SMILES string of the molecule is CCC1(C(C)C(C)=C2CC23C2C4C(C)C4C23)CC1. The molecule has 0 N–H and O–H groups in total. The average molecular weight is 242 g/mol. The van der Waals surface area contributed by atoms with E-state index in [1.807, 2.05) is 11.1 Å². The van der Waals surface area contributed by atoms with Crippen molar-refractivity contribution in [2.75, 3.05) is 0 Å². The fourth-order valence-electron chi connectivity index (χ4n) is 6.55. The number of hydrogen-bond acceptors (Lipinski definition) is 0. The quantitative estimate of drug-likeness (QED) is 0.631. The average Bonchev–Trinajstić information content (AvgIpc) is 3.16. The molecule has 0 aromatic rings. The topological polar surface area (TPSA) is 0 Å². The molecule has 0 aromatic heterocycles. The molecule has 5 fully saturated rings. The van der Waals surface area contributed by atoms with Crippen LogP contribution in [0.3, 0.4) is 0 Å². The summed E-state index contributed by atoms with van der Waals surface area (Å²) in [6, 6.07) is 0. The van der Waals surface area contributed by atoms with Crippen molar-refractivity contribution >= 4 is 0 Å². The summed E-state index contributed by atoms with van der Waals surface area (Å²) in [4.78, 5) is 0. The molecule has 5 saturated carbocycles. The van der Waals surface area contributed by atoms with E-state index in [2.05, 4.69) is 27.7 Å². The summed E-state index contributed by atoms with van der Waals surface area (Å²) in [6.45, 7) is 9.91. The van der Waals surface area contributed by atoms with Gasteiger partial charge in [-0.2, -0.15) is 0 Å². The third kappa shape index (κ3) is 0.869. The van der Waals surface area contributed by atoms with E-state index in [4.69, 9.17) is 0 Å². The van der Waals surface area contributed by atoms with E-state index < -0.39 is 0 Å². The van der Waals surface area contributed by atoms with Gasteiger partial charge in [-0.25, -0.2) is 0 Å². The Morgan fingerprint density at radius 3 is 2.39 bits per heavy atom. The van der Waals surface area contributed by atoms with Crippen LogP contribution in [-0.4, -0.2) is 0 Å². The predicted molar refractivity (Wildman–Crippen MR) is 74.0 cm³/mol. The predicted octanol–water partition coefficient (Wildman–Crippen LogP) is 4.66. The Morgan fingerprint density at radius 2 is 1.89 bits per heavy atom. The summed E-state index contributed by atoms with van der Waals surface area (Å²) >= 11 is 0. The number of rotatable bonds is 3. The maximum atomic E-state index is 2.53. The van der Waals surface area contributed by atoms with Crippen molar-refractivity contribution in [1.82, 2.24) is 0 Å². The molecule has 5 rings (SSSR count). The van der Waals surface area contributed by atoms with Crippen molar-refractivity contribution in [3.63, 3.8) is 0 Å². The molecule has 0 radical (unpaired) electrons. The standard InChI is InChI=1S/C18H26/c1-5-17(6-7-17)11(4)9(2)12-8-18(12)15-13-10(3)14(13)16(15)18/h10-11,13-16H,5-8H2,1-4H3. The van der Waals surface area contributed by atoms with Gasteiger partial charge in [0.15, 0.2) is 0 Å². The second-order valence-electron chi connectivity index (χ2n) is 8.38. The van der Waals surface area contributed by atoms with Gasteiger partial charge in [0.05, 0.1) is 0 Å². The molecular formula is C18H26. The summed E-state index contributed by atoms with van der Waals surface area (Å²) in [5.41, 5.74) is 5.33. The molecule has 0 aliphatic heterocycles. The van der Waals surface area contributed by atoms with E-state index >= 15 is 0 Å². The minimum atomic E-state index is 0.727. The van der Waals surface area contributed by atoms with Crippen molar-refractivity contribution in [2.24, 2.45) is 46.3 Å². The second kappa shape index (κ2) is 2.63. The van der Waals surface area contributed by atoms with Gasteiger partial charge in [-0.3, -0.25) is 0 Å². The molecule has 0 amide bonds. The van der Waals surface area contributed by atoms with E-state index in [1.165, 1.54) is 49.4 Å². The number of hydrogen-bond donors (Lipinski definition) is 0. The lowest BCUT2D eigenvalue weighted by molar-refractivity contribution is 0.364. The molecular weight excluding hydrogens is 216 g/mol. The van der Waals surface area contributed by atoms with Crippen LogP contribution in [0.5, 0.6) is 0 Å². The van der Waals surface area contributed by atoms with Gasteiger partial charge in [-0.1, -0.05) is 31.9 Å². The first-order chi connectivity index (χ1) is 8.58. The van der Waals surface area contributed by atoms with Crippen LogP contribution >= 0.6 is 0 Å². The summed E-state index contributed by atoms with van der Waals surface area (Å²) < 4.78 is 0. The molecule has 18 heavy (non-hydrogen) atoms. The Kier molecular flexibility index (Phi) is 1.53. The second-order valence-corrected chi connectivity index (χ2v) is 8.38. The summed E-state index contributed by atoms with van der Waals surface area (Å²) in [5, 5.41) is 0. The van der Waals surface area contributed by atoms with Gasteiger partial charge >= 0.3 is 0 Å². The summed E-state index contributed by atoms with van der Waals surface area (Å²) in [6.07, 6.45) is 5.91. The van der Waals surface area contributed by atoms with E-state index in [9.17, 15) is 0 Å². The van der Waals surface area contributed by atoms with Gasteiger partial charge in [0.2, 0.25) is 0 Å². The van der Waals surface area contributed by atoms with Gasteiger partial charge in [-0.15, -0.1) is 0 Å². The lowest BCUT2D eigenvalue weighted by atomic mass is 9.82. The van der Waals surface area contributed by atoms with Crippen LogP contribution in [0.2, 0.25) is 0 Å². The van der Waals surface area contributed by atoms with Gasteiger partial charge in [-0.05, 0) is 73.5 Å². The van der Waals surface area contributed by atoms with E-state index in [1.54, 1.807) is 0 Å². The minimum Gasteiger partial charge on any atom is -0.0701 e. The van der Waals surface area contributed by atoms with Gasteiger partial charge < -0.3 is 0 Å². The zero-order valence-electron chi connectivity index (χ0n) is 12.3. The van der Waals surface area contributed by atoms with Crippen LogP contribution < -0.4 is 0 Å². The Bertz CT molecular complexity index is 462. The third-order valence-electron chi connectivity index (χ3n) is 8.36. The van der Waals surface area contributed by atoms with Crippen LogP contribution in [0.4, 0.5) is 0 Å². The monoisotopic (exact) mass is 242 g/mol. The van der Waals surface area contributed by atoms with Crippen LogP contribution in [0.15, 0.2) is 11.1 Å². The van der Waals surface area contributed by atoms with Crippen molar-refractivity contribution in [1.29, 1.82) is 0 Å². The maximum absolute atomic E-state index is 2.53. The van der Waals surface area contributed by atoms with Crippen LogP contribution in [0.1, 0.15) is 53.4 Å². The van der Waals surface area contributed by atoms with Gasteiger partial charge in [0.1, 0.15) is 0 Å². The molecule has 5 unspecified atom stereocenters. The molecule has 0 aromatic carbocycles. The maximum Gasteiger partial charge on any atom is 0.00206 e. The van der Waals surface area contributed by atoms with Crippen molar-refractivity contribution in [2.45, 2.75) is 53.4 Å². The van der Waals surface area contributed by atoms with Crippen molar-refractivity contribution < 1.29 is 0 Å². The smallest absolute Gasteiger partial charge is 0.00206 e. The van der Waals surface area contributed by atoms with Crippen molar-refractivity contribution in [3.8, 4) is 0 Å². The molecule has 5 atom stereocenters. The first-order valence-corrected chi connectivity index (χ1v) is 8.28. The molecule has 1 spiro atoms. The summed E-state index contributed by atoms with van der Waals surface area (Å²) in [7, 11) is 0. The van der Waals surface area contributed by atoms with E-state index in [-0.39, 0.29) is 0 Å². The lowest BCUT2D eigenvalue weighted by Gasteiger charge is -2.23. The molecule has 5 aliphatic carbocycles. The normalized spacial score (nSPS) is 60.3. The third-order valence-corrected chi connectivity index (χ3v) is 8.36. The highest BCUT2D eigenvalue weighted by Gasteiger charge is 2.92. The molecule has 0 heteroatoms. The zero-order valence-corrected chi connectivity index (χ0v) is 12.3. The molecule has 98 valence electrons. The molecule has 5 aliphatic rings. The Balaban J connectivity index is 1.40. The Morgan fingerprint density at radius 1 is 1.28 bits per heavy atom. The minimum absolute atomic E-state index is 0.727. The highest BCUT2D eigenvalue weighted by atomic mass is 15.0. The van der Waals surface area contributed by atoms with Crippen LogP contribution in [0, 0.1) is 46.3 Å². The Hall–Kier alpha value is -0.260. The summed E-state index contributed by atoms with van der Waals surface area (Å²) in [5.74, 6) is 6.69. The van der Waals surface area contributed by atoms with E-state index in [0.29, 0.717) is 0 Å². The van der Waals surface area contributed by atoms with Crippen LogP contribution in [0.25, 0.3) is 0 Å². The van der Waals surface area contributed by atoms with Gasteiger partial charge in [0, 0.05) is 5.41 Å². The highest BCUT2D eigenvalue weighted by Crippen LogP contribution is 2.97. The fraction of sp³-hybridized carbons (Fsp3) is 0.889. The zero-order chi connectivity index (χ0) is 12.4. The molecule has 0 nitrogen and oxygen atoms in total. The number of fused-ring (bicyclic) bond motifs is 6. The molecule has 0 heterocycles. The fourth-order valence-corrected chi connectivity index (χ4v) is 6.55. The van der Waals surface area contributed by atoms with Crippen molar-refractivity contribution in [3.05, 3.63) is 11.1 Å². The molecule has 0 bridgehead atoms. The van der Waals surface area contributed by atoms with Crippen LogP contribution in [-0.2, 0) is 0 Å². The molecule has 0 saturated heterocycles. The largest absolute Gasteiger partial charge is 0.0701 e. The lowest BCUT2D eigenvalue weighted by Crippen LogP contribution is -2.13. The number of allylic oxidation sites excluding steroid dienone is 2.